The summed E-state index contributed by atoms with van der Waals surface area (Å²) in [5.74, 6) is 2.94. The van der Waals surface area contributed by atoms with Crippen LogP contribution in [0.3, 0.4) is 0 Å². The molecule has 0 amide bonds. The summed E-state index contributed by atoms with van der Waals surface area (Å²) >= 11 is 4.23. The molecule has 2 atom stereocenters. The van der Waals surface area contributed by atoms with Crippen LogP contribution in [0.5, 0.6) is 0 Å². The molecule has 0 radical (unpaired) electrons. The summed E-state index contributed by atoms with van der Waals surface area (Å²) in [5.41, 5.74) is -0.755. The Kier molecular flexibility index (Phi) is 9.00. The Labute approximate surface area is 185 Å². The number of hydrogen-bond acceptors (Lipinski definition) is 6. The maximum absolute atomic E-state index is 12.7. The minimum absolute atomic E-state index is 0.0502. The molecule has 2 aliphatic heterocycles. The maximum Gasteiger partial charge on any atom is 0.186 e. The van der Waals surface area contributed by atoms with Crippen molar-refractivity contribution in [2.45, 2.75) is 81.7 Å². The molecule has 3 aliphatic rings. The Balaban J connectivity index is 1.56. The fourth-order valence-corrected chi connectivity index (χ4v) is 7.59. The lowest BCUT2D eigenvalue weighted by molar-refractivity contribution is -0.186. The van der Waals surface area contributed by atoms with Crippen LogP contribution in [-0.2, 0) is 19.0 Å². The predicted molar refractivity (Wildman–Crippen MR) is 122 cm³/mol. The van der Waals surface area contributed by atoms with Gasteiger partial charge in [-0.2, -0.15) is 0 Å². The van der Waals surface area contributed by atoms with Crippen LogP contribution in [0, 0.1) is 11.8 Å². The molecule has 0 aromatic heterocycles. The van der Waals surface area contributed by atoms with Gasteiger partial charge in [0.05, 0.1) is 17.8 Å². The van der Waals surface area contributed by atoms with E-state index in [1.165, 1.54) is 30.8 Å². The lowest BCUT2D eigenvalue weighted by atomic mass is 9.86. The van der Waals surface area contributed by atoms with Gasteiger partial charge in [0.2, 0.25) is 0 Å². The number of allylic oxidation sites excluding steroid dienone is 1. The van der Waals surface area contributed by atoms with Crippen molar-refractivity contribution in [1.29, 1.82) is 0 Å². The summed E-state index contributed by atoms with van der Waals surface area (Å²) in [5, 5.41) is 0. The van der Waals surface area contributed by atoms with Crippen LogP contribution in [0.25, 0.3) is 0 Å². The summed E-state index contributed by atoms with van der Waals surface area (Å²) in [6, 6.07) is 0. The van der Waals surface area contributed by atoms with E-state index in [2.05, 4.69) is 36.5 Å². The Morgan fingerprint density at radius 1 is 1.17 bits per heavy atom. The standard InChI is InChI=1S/C23H38O4S2/c1-4-13-25-22(2,3)20(24)10-9-18-11-12-23(26-14-15-27-23)19(18)7-5-6-8-21-28-16-17-29-21/h9-10,18-19,21H,4-8,11-17H2,1-3H3/t18-,19+/m0/s1. The zero-order valence-electron chi connectivity index (χ0n) is 18.3. The van der Waals surface area contributed by atoms with E-state index < -0.39 is 11.4 Å². The molecule has 0 unspecified atom stereocenters. The van der Waals surface area contributed by atoms with Crippen LogP contribution >= 0.6 is 23.5 Å². The number of ether oxygens (including phenoxy) is 3. The van der Waals surface area contributed by atoms with E-state index in [-0.39, 0.29) is 5.78 Å². The van der Waals surface area contributed by atoms with E-state index in [1.54, 1.807) is 6.08 Å². The second-order valence-electron chi connectivity index (χ2n) is 8.86. The lowest BCUT2D eigenvalue weighted by Gasteiger charge is -2.31. The van der Waals surface area contributed by atoms with E-state index >= 15 is 0 Å². The molecule has 0 bridgehead atoms. The molecule has 1 saturated carbocycles. The summed E-state index contributed by atoms with van der Waals surface area (Å²) in [4.78, 5) is 12.7. The van der Waals surface area contributed by atoms with Crippen molar-refractivity contribution in [3.8, 4) is 0 Å². The molecule has 0 N–H and O–H groups in total. The summed E-state index contributed by atoms with van der Waals surface area (Å²) in [7, 11) is 0. The number of unbranched alkanes of at least 4 members (excludes halogenated alkanes) is 1. The van der Waals surface area contributed by atoms with E-state index in [9.17, 15) is 4.79 Å². The second-order valence-corrected chi connectivity index (χ2v) is 11.8. The lowest BCUT2D eigenvalue weighted by Crippen LogP contribution is -2.37. The number of ketones is 1. The molecule has 2 heterocycles. The number of thioether (sulfide) groups is 2. The maximum atomic E-state index is 12.7. The van der Waals surface area contributed by atoms with Gasteiger partial charge in [0.1, 0.15) is 5.60 Å². The van der Waals surface area contributed by atoms with Crippen molar-refractivity contribution in [2.24, 2.45) is 11.8 Å². The van der Waals surface area contributed by atoms with Crippen molar-refractivity contribution >= 4 is 29.3 Å². The molecule has 4 nitrogen and oxygen atoms in total. The highest BCUT2D eigenvalue weighted by atomic mass is 32.2. The van der Waals surface area contributed by atoms with Gasteiger partial charge in [-0.15, -0.1) is 23.5 Å². The molecule has 3 rings (SSSR count). The van der Waals surface area contributed by atoms with Gasteiger partial charge in [-0.25, -0.2) is 0 Å². The minimum Gasteiger partial charge on any atom is -0.367 e. The predicted octanol–water partition coefficient (Wildman–Crippen LogP) is 5.45. The monoisotopic (exact) mass is 442 g/mol. The molecule has 0 aromatic carbocycles. The van der Waals surface area contributed by atoms with E-state index in [0.29, 0.717) is 31.7 Å². The highest BCUT2D eigenvalue weighted by Crippen LogP contribution is 2.49. The molecule has 166 valence electrons. The quantitative estimate of drug-likeness (QED) is 0.313. The highest BCUT2D eigenvalue weighted by Gasteiger charge is 2.51. The van der Waals surface area contributed by atoms with E-state index in [1.807, 2.05) is 13.8 Å². The van der Waals surface area contributed by atoms with Crippen molar-refractivity contribution in [1.82, 2.24) is 0 Å². The fraction of sp³-hybridized carbons (Fsp3) is 0.870. The van der Waals surface area contributed by atoms with Gasteiger partial charge in [-0.3, -0.25) is 4.79 Å². The third-order valence-corrected chi connectivity index (χ3v) is 9.50. The molecule has 2 saturated heterocycles. The average Bonchev–Trinajstić information content (AvgIpc) is 3.45. The Morgan fingerprint density at radius 2 is 1.86 bits per heavy atom. The van der Waals surface area contributed by atoms with Gasteiger partial charge in [0.15, 0.2) is 11.6 Å². The van der Waals surface area contributed by atoms with Crippen molar-refractivity contribution in [2.75, 3.05) is 31.3 Å². The first-order valence-electron chi connectivity index (χ1n) is 11.3. The normalized spacial score (nSPS) is 27.6. The topological polar surface area (TPSA) is 44.8 Å². The average molecular weight is 443 g/mol. The molecular formula is C23H38O4S2. The number of carbonyl (C=O) groups is 1. The number of carbonyl (C=O) groups excluding carboxylic acids is 1. The zero-order valence-corrected chi connectivity index (χ0v) is 20.0. The third kappa shape index (κ3) is 6.25. The van der Waals surface area contributed by atoms with Crippen LogP contribution in [0.2, 0.25) is 0 Å². The molecule has 29 heavy (non-hydrogen) atoms. The first kappa shape index (κ1) is 23.6. The first-order chi connectivity index (χ1) is 14.0. The third-order valence-electron chi connectivity index (χ3n) is 6.33. The molecular weight excluding hydrogens is 404 g/mol. The molecule has 1 aliphatic carbocycles. The minimum atomic E-state index is -0.755. The van der Waals surface area contributed by atoms with Crippen molar-refractivity contribution in [3.63, 3.8) is 0 Å². The Hall–Kier alpha value is -0.0100. The van der Waals surface area contributed by atoms with Gasteiger partial charge in [0.25, 0.3) is 0 Å². The first-order valence-corrected chi connectivity index (χ1v) is 13.4. The Morgan fingerprint density at radius 3 is 2.55 bits per heavy atom. The van der Waals surface area contributed by atoms with Crippen LogP contribution in [-0.4, -0.2) is 53.1 Å². The van der Waals surface area contributed by atoms with Crippen molar-refractivity contribution in [3.05, 3.63) is 12.2 Å². The molecule has 0 aromatic rings. The molecule has 6 heteroatoms. The summed E-state index contributed by atoms with van der Waals surface area (Å²) < 4.78 is 18.8. The zero-order chi connectivity index (χ0) is 20.7. The largest absolute Gasteiger partial charge is 0.367 e. The van der Waals surface area contributed by atoms with Crippen LogP contribution in [0.15, 0.2) is 12.2 Å². The van der Waals surface area contributed by atoms with Gasteiger partial charge in [0, 0.05) is 30.5 Å². The van der Waals surface area contributed by atoms with Gasteiger partial charge in [-0.1, -0.05) is 25.8 Å². The summed E-state index contributed by atoms with van der Waals surface area (Å²) in [6.07, 6.45) is 11.6. The van der Waals surface area contributed by atoms with Crippen LogP contribution in [0.1, 0.15) is 65.7 Å². The van der Waals surface area contributed by atoms with E-state index in [4.69, 9.17) is 14.2 Å². The van der Waals surface area contributed by atoms with Gasteiger partial charge in [-0.05, 0) is 51.5 Å². The Bertz CT molecular complexity index is 551. The fourth-order valence-electron chi connectivity index (χ4n) is 4.66. The smallest absolute Gasteiger partial charge is 0.186 e. The highest BCUT2D eigenvalue weighted by molar-refractivity contribution is 8.20. The number of rotatable bonds is 11. The number of hydrogen-bond donors (Lipinski definition) is 0. The van der Waals surface area contributed by atoms with Gasteiger partial charge < -0.3 is 14.2 Å². The SMILES string of the molecule is CCCOC(C)(C)C(=O)C=C[C@H]1CCC2(OCCO2)[C@@H]1CCCCC1SCCS1. The molecule has 1 spiro atoms. The van der Waals surface area contributed by atoms with Crippen LogP contribution < -0.4 is 0 Å². The van der Waals surface area contributed by atoms with E-state index in [0.717, 1.165) is 30.3 Å². The van der Waals surface area contributed by atoms with Crippen LogP contribution in [0.4, 0.5) is 0 Å². The summed E-state index contributed by atoms with van der Waals surface area (Å²) in [6.45, 7) is 7.79. The second kappa shape index (κ2) is 11.0. The van der Waals surface area contributed by atoms with Gasteiger partial charge >= 0.3 is 0 Å². The molecule has 3 fully saturated rings. The van der Waals surface area contributed by atoms with Crippen molar-refractivity contribution < 1.29 is 19.0 Å².